The molecule has 25 heavy (non-hydrogen) atoms. The highest BCUT2D eigenvalue weighted by Crippen LogP contribution is 2.24. The molecule has 0 aromatic heterocycles. The van der Waals surface area contributed by atoms with E-state index < -0.39 is 5.82 Å². The summed E-state index contributed by atoms with van der Waals surface area (Å²) in [7, 11) is 0. The highest BCUT2D eigenvalue weighted by Gasteiger charge is 2.22. The van der Waals surface area contributed by atoms with Gasteiger partial charge in [-0.2, -0.15) is 0 Å². The van der Waals surface area contributed by atoms with E-state index in [9.17, 15) is 9.18 Å². The molecular weight excluding hydrogens is 362 g/mol. The second-order valence-corrected chi connectivity index (χ2v) is 7.07. The lowest BCUT2D eigenvalue weighted by atomic mass is 10.0. The maximum atomic E-state index is 13.6. The molecule has 1 fully saturated rings. The Bertz CT molecular complexity index is 747. The van der Waals surface area contributed by atoms with Crippen LogP contribution in [-0.2, 0) is 6.54 Å². The van der Waals surface area contributed by atoms with E-state index in [1.807, 2.05) is 18.2 Å². The Morgan fingerprint density at radius 2 is 1.80 bits per heavy atom. The van der Waals surface area contributed by atoms with Crippen LogP contribution in [0.3, 0.4) is 0 Å². The number of halogens is 3. The summed E-state index contributed by atoms with van der Waals surface area (Å²) in [5.41, 5.74) is 1.41. The van der Waals surface area contributed by atoms with Gasteiger partial charge in [0.15, 0.2) is 0 Å². The van der Waals surface area contributed by atoms with Crippen LogP contribution in [0, 0.1) is 5.82 Å². The number of nitrogens with zero attached hydrogens (tertiary/aromatic N) is 1. The van der Waals surface area contributed by atoms with Crippen LogP contribution < -0.4 is 5.32 Å². The van der Waals surface area contributed by atoms with Crippen LogP contribution in [0.15, 0.2) is 42.5 Å². The van der Waals surface area contributed by atoms with Crippen LogP contribution >= 0.6 is 23.2 Å². The Labute approximate surface area is 156 Å². The fourth-order valence-electron chi connectivity index (χ4n) is 3.04. The maximum absolute atomic E-state index is 13.6. The number of likely N-dealkylation sites (tertiary alicyclic amines) is 1. The van der Waals surface area contributed by atoms with Gasteiger partial charge in [-0.15, -0.1) is 0 Å². The number of piperidine rings is 1. The predicted molar refractivity (Wildman–Crippen MR) is 98.6 cm³/mol. The molecule has 0 aliphatic carbocycles. The highest BCUT2D eigenvalue weighted by atomic mass is 35.5. The minimum absolute atomic E-state index is 0.0642. The first-order chi connectivity index (χ1) is 12.0. The van der Waals surface area contributed by atoms with Crippen molar-refractivity contribution >= 4 is 29.1 Å². The molecule has 0 atom stereocenters. The minimum Gasteiger partial charge on any atom is -0.349 e. The molecule has 1 heterocycles. The monoisotopic (exact) mass is 380 g/mol. The van der Waals surface area contributed by atoms with Gasteiger partial charge in [-0.05, 0) is 30.5 Å². The summed E-state index contributed by atoms with van der Waals surface area (Å²) in [5.74, 6) is -1.00. The molecule has 1 saturated heterocycles. The summed E-state index contributed by atoms with van der Waals surface area (Å²) in [6.45, 7) is 2.72. The smallest absolute Gasteiger partial charge is 0.253 e. The number of benzene rings is 2. The summed E-state index contributed by atoms with van der Waals surface area (Å²) in [6.07, 6.45) is 1.71. The molecule has 3 rings (SSSR count). The summed E-state index contributed by atoms with van der Waals surface area (Å²) < 4.78 is 13.6. The average molecular weight is 381 g/mol. The normalized spacial score (nSPS) is 16.0. The van der Waals surface area contributed by atoms with E-state index in [0.29, 0.717) is 0 Å². The predicted octanol–water partition coefficient (Wildman–Crippen LogP) is 4.53. The summed E-state index contributed by atoms with van der Waals surface area (Å²) in [4.78, 5) is 14.7. The van der Waals surface area contributed by atoms with E-state index >= 15 is 0 Å². The Balaban J connectivity index is 1.54. The number of hydrogen-bond acceptors (Lipinski definition) is 2. The molecule has 2 aromatic rings. The van der Waals surface area contributed by atoms with Gasteiger partial charge in [-0.3, -0.25) is 9.69 Å². The molecule has 1 aliphatic rings. The van der Waals surface area contributed by atoms with E-state index in [4.69, 9.17) is 23.2 Å². The largest absolute Gasteiger partial charge is 0.349 e. The number of carbonyl (C=O) groups excluding carboxylic acids is 1. The first-order valence-electron chi connectivity index (χ1n) is 8.24. The van der Waals surface area contributed by atoms with Crippen molar-refractivity contribution in [3.05, 3.63) is 69.5 Å². The van der Waals surface area contributed by atoms with Gasteiger partial charge in [-0.1, -0.05) is 53.5 Å². The standard InChI is InChI=1S/C19H19Cl2FN2O/c20-16-11-17(21)18(22)10-15(16)19(25)23-14-6-8-24(9-7-14)12-13-4-2-1-3-5-13/h1-5,10-11,14H,6-9,12H2,(H,23,25). The van der Waals surface area contributed by atoms with Crippen LogP contribution in [0.5, 0.6) is 0 Å². The van der Waals surface area contributed by atoms with Crippen molar-refractivity contribution in [2.75, 3.05) is 13.1 Å². The first kappa shape index (κ1) is 18.2. The van der Waals surface area contributed by atoms with Crippen molar-refractivity contribution in [3.8, 4) is 0 Å². The summed E-state index contributed by atoms with van der Waals surface area (Å²) in [6, 6.07) is 12.7. The van der Waals surface area contributed by atoms with Crippen LogP contribution in [0.2, 0.25) is 10.0 Å². The molecule has 132 valence electrons. The van der Waals surface area contributed by atoms with E-state index in [2.05, 4.69) is 22.3 Å². The zero-order valence-corrected chi connectivity index (χ0v) is 15.2. The van der Waals surface area contributed by atoms with Crippen molar-refractivity contribution in [3.63, 3.8) is 0 Å². The molecule has 0 unspecified atom stereocenters. The Morgan fingerprint density at radius 3 is 2.48 bits per heavy atom. The fraction of sp³-hybridized carbons (Fsp3) is 0.316. The number of rotatable bonds is 4. The fourth-order valence-corrected chi connectivity index (χ4v) is 3.51. The maximum Gasteiger partial charge on any atom is 0.253 e. The first-order valence-corrected chi connectivity index (χ1v) is 9.00. The molecule has 0 bridgehead atoms. The minimum atomic E-state index is -0.645. The molecule has 1 N–H and O–H groups in total. The van der Waals surface area contributed by atoms with Crippen molar-refractivity contribution in [1.29, 1.82) is 0 Å². The van der Waals surface area contributed by atoms with Gasteiger partial charge in [0.05, 0.1) is 15.6 Å². The van der Waals surface area contributed by atoms with Gasteiger partial charge in [0.1, 0.15) is 5.82 Å². The third kappa shape index (κ3) is 4.72. The van der Waals surface area contributed by atoms with Crippen LogP contribution in [0.1, 0.15) is 28.8 Å². The van der Waals surface area contributed by atoms with Gasteiger partial charge in [0.2, 0.25) is 0 Å². The van der Waals surface area contributed by atoms with Crippen LogP contribution in [-0.4, -0.2) is 29.9 Å². The van der Waals surface area contributed by atoms with E-state index in [-0.39, 0.29) is 27.6 Å². The molecule has 0 radical (unpaired) electrons. The molecule has 1 amide bonds. The Kier molecular flexibility index (Phi) is 5.94. The van der Waals surface area contributed by atoms with E-state index in [0.717, 1.165) is 38.5 Å². The van der Waals surface area contributed by atoms with Crippen molar-refractivity contribution in [1.82, 2.24) is 10.2 Å². The zero-order chi connectivity index (χ0) is 17.8. The molecule has 6 heteroatoms. The lowest BCUT2D eigenvalue weighted by molar-refractivity contribution is 0.0908. The molecule has 0 saturated carbocycles. The average Bonchev–Trinajstić information content (AvgIpc) is 2.60. The van der Waals surface area contributed by atoms with Crippen molar-refractivity contribution < 1.29 is 9.18 Å². The Morgan fingerprint density at radius 1 is 1.12 bits per heavy atom. The number of nitrogens with one attached hydrogen (secondary N) is 1. The van der Waals surface area contributed by atoms with Gasteiger partial charge >= 0.3 is 0 Å². The second-order valence-electron chi connectivity index (χ2n) is 6.26. The number of amides is 1. The quantitative estimate of drug-likeness (QED) is 0.790. The highest BCUT2D eigenvalue weighted by molar-refractivity contribution is 6.36. The third-order valence-electron chi connectivity index (χ3n) is 4.43. The van der Waals surface area contributed by atoms with Crippen molar-refractivity contribution in [2.24, 2.45) is 0 Å². The Hall–Kier alpha value is -1.62. The van der Waals surface area contributed by atoms with E-state index in [1.54, 1.807) is 0 Å². The van der Waals surface area contributed by atoms with Gasteiger partial charge in [0, 0.05) is 25.7 Å². The SMILES string of the molecule is O=C(NC1CCN(Cc2ccccc2)CC1)c1cc(F)c(Cl)cc1Cl. The third-order valence-corrected chi connectivity index (χ3v) is 5.03. The summed E-state index contributed by atoms with van der Waals surface area (Å²) in [5, 5.41) is 3.02. The molecule has 1 aliphatic heterocycles. The lowest BCUT2D eigenvalue weighted by Gasteiger charge is -2.32. The van der Waals surface area contributed by atoms with E-state index in [1.165, 1.54) is 11.6 Å². The van der Waals surface area contributed by atoms with Crippen LogP contribution in [0.4, 0.5) is 4.39 Å². The van der Waals surface area contributed by atoms with Crippen molar-refractivity contribution in [2.45, 2.75) is 25.4 Å². The second kappa shape index (κ2) is 8.17. The molecule has 0 spiro atoms. The molecule has 2 aromatic carbocycles. The zero-order valence-electron chi connectivity index (χ0n) is 13.6. The number of carbonyl (C=O) groups is 1. The topological polar surface area (TPSA) is 32.3 Å². The lowest BCUT2D eigenvalue weighted by Crippen LogP contribution is -2.44. The van der Waals surface area contributed by atoms with Gasteiger partial charge in [0.25, 0.3) is 5.91 Å². The molecule has 3 nitrogen and oxygen atoms in total. The van der Waals surface area contributed by atoms with Gasteiger partial charge < -0.3 is 5.32 Å². The van der Waals surface area contributed by atoms with Gasteiger partial charge in [-0.25, -0.2) is 4.39 Å². The summed E-state index contributed by atoms with van der Waals surface area (Å²) >= 11 is 11.7. The van der Waals surface area contributed by atoms with Crippen LogP contribution in [0.25, 0.3) is 0 Å². The number of hydrogen-bond donors (Lipinski definition) is 1. The molecular formula is C19H19Cl2FN2O.